The molecule has 0 aliphatic heterocycles. The van der Waals surface area contributed by atoms with Crippen molar-refractivity contribution in [2.45, 2.75) is 20.4 Å². The molecule has 0 spiro atoms. The number of hydrogen-bond acceptors (Lipinski definition) is 4. The SMILES string of the molecule is CC.CN(Cc1ccccc1B(O)O)c1ccc(C=O)cc1. The summed E-state index contributed by atoms with van der Waals surface area (Å²) in [6, 6.07) is 14.4. The summed E-state index contributed by atoms with van der Waals surface area (Å²) in [6.07, 6.45) is 0.807. The minimum Gasteiger partial charge on any atom is -0.423 e. The van der Waals surface area contributed by atoms with Gasteiger partial charge in [0, 0.05) is 24.8 Å². The largest absolute Gasteiger partial charge is 0.488 e. The Morgan fingerprint density at radius 3 is 2.18 bits per heavy atom. The zero-order valence-corrected chi connectivity index (χ0v) is 13.2. The van der Waals surface area contributed by atoms with E-state index < -0.39 is 7.12 Å². The molecule has 2 rings (SSSR count). The summed E-state index contributed by atoms with van der Waals surface area (Å²) in [6.45, 7) is 4.55. The lowest BCUT2D eigenvalue weighted by molar-refractivity contribution is 0.112. The van der Waals surface area contributed by atoms with Gasteiger partial charge >= 0.3 is 7.12 Å². The molecule has 2 N–H and O–H groups in total. The summed E-state index contributed by atoms with van der Waals surface area (Å²) < 4.78 is 0. The monoisotopic (exact) mass is 299 g/mol. The van der Waals surface area contributed by atoms with Crippen LogP contribution in [0.25, 0.3) is 0 Å². The number of rotatable bonds is 5. The molecule has 0 aliphatic rings. The maximum atomic E-state index is 10.6. The first-order chi connectivity index (χ1) is 10.6. The summed E-state index contributed by atoms with van der Waals surface area (Å²) >= 11 is 0. The fourth-order valence-electron chi connectivity index (χ4n) is 2.08. The summed E-state index contributed by atoms with van der Waals surface area (Å²) in [5.41, 5.74) is 2.94. The maximum absolute atomic E-state index is 10.6. The number of carbonyl (C=O) groups is 1. The van der Waals surface area contributed by atoms with E-state index in [0.717, 1.165) is 17.5 Å². The summed E-state index contributed by atoms with van der Waals surface area (Å²) in [4.78, 5) is 12.6. The van der Waals surface area contributed by atoms with Crippen LogP contribution >= 0.6 is 0 Å². The van der Waals surface area contributed by atoms with Crippen molar-refractivity contribution < 1.29 is 14.8 Å². The fourth-order valence-corrected chi connectivity index (χ4v) is 2.08. The Kier molecular flexibility index (Phi) is 7.36. The normalized spacial score (nSPS) is 9.50. The Morgan fingerprint density at radius 1 is 1.05 bits per heavy atom. The molecule has 0 aromatic heterocycles. The van der Waals surface area contributed by atoms with Crippen LogP contribution in [-0.4, -0.2) is 30.5 Å². The van der Waals surface area contributed by atoms with Crippen LogP contribution in [0.1, 0.15) is 29.8 Å². The zero-order valence-electron chi connectivity index (χ0n) is 13.2. The molecule has 0 unspecified atom stereocenters. The van der Waals surface area contributed by atoms with Gasteiger partial charge in [-0.2, -0.15) is 0 Å². The van der Waals surface area contributed by atoms with Gasteiger partial charge in [0.1, 0.15) is 6.29 Å². The third-order valence-electron chi connectivity index (χ3n) is 3.21. The Morgan fingerprint density at radius 2 is 1.64 bits per heavy atom. The van der Waals surface area contributed by atoms with E-state index in [4.69, 9.17) is 0 Å². The lowest BCUT2D eigenvalue weighted by Gasteiger charge is -2.21. The van der Waals surface area contributed by atoms with Crippen LogP contribution in [0, 0.1) is 0 Å². The zero-order chi connectivity index (χ0) is 16.5. The molecule has 0 heterocycles. The molecule has 0 atom stereocenters. The number of hydrogen-bond donors (Lipinski definition) is 2. The highest BCUT2D eigenvalue weighted by Gasteiger charge is 2.16. The van der Waals surface area contributed by atoms with E-state index in [9.17, 15) is 14.8 Å². The molecule has 2 aromatic rings. The van der Waals surface area contributed by atoms with Crippen LogP contribution in [0.3, 0.4) is 0 Å². The average Bonchev–Trinajstić information content (AvgIpc) is 2.57. The van der Waals surface area contributed by atoms with Crippen LogP contribution in [0.5, 0.6) is 0 Å². The maximum Gasteiger partial charge on any atom is 0.488 e. The molecule has 0 amide bonds. The lowest BCUT2D eigenvalue weighted by Crippen LogP contribution is -2.35. The molecular formula is C17H22BNO3. The third kappa shape index (κ3) is 4.72. The predicted molar refractivity (Wildman–Crippen MR) is 91.6 cm³/mol. The van der Waals surface area contributed by atoms with Crippen molar-refractivity contribution in [2.24, 2.45) is 0 Å². The van der Waals surface area contributed by atoms with Crippen molar-refractivity contribution in [1.29, 1.82) is 0 Å². The van der Waals surface area contributed by atoms with Crippen molar-refractivity contribution in [1.82, 2.24) is 0 Å². The second-order valence-corrected chi connectivity index (χ2v) is 4.64. The van der Waals surface area contributed by atoms with E-state index in [1.807, 2.05) is 50.1 Å². The molecule has 0 saturated heterocycles. The first-order valence-corrected chi connectivity index (χ1v) is 7.32. The third-order valence-corrected chi connectivity index (χ3v) is 3.21. The van der Waals surface area contributed by atoms with Crippen LogP contribution < -0.4 is 10.4 Å². The molecular weight excluding hydrogens is 277 g/mol. The van der Waals surface area contributed by atoms with Gasteiger partial charge in [0.2, 0.25) is 0 Å². The molecule has 2 aromatic carbocycles. The van der Waals surface area contributed by atoms with E-state index in [1.165, 1.54) is 0 Å². The van der Waals surface area contributed by atoms with Crippen LogP contribution in [-0.2, 0) is 6.54 Å². The van der Waals surface area contributed by atoms with Gasteiger partial charge in [0.15, 0.2) is 0 Å². The molecule has 0 aliphatic carbocycles. The first kappa shape index (κ1) is 17.9. The van der Waals surface area contributed by atoms with Gasteiger partial charge in [0.25, 0.3) is 0 Å². The molecule has 5 heteroatoms. The summed E-state index contributed by atoms with van der Waals surface area (Å²) in [5, 5.41) is 18.7. The molecule has 22 heavy (non-hydrogen) atoms. The number of aldehydes is 1. The molecule has 116 valence electrons. The van der Waals surface area contributed by atoms with Crippen molar-refractivity contribution >= 4 is 24.6 Å². The average molecular weight is 299 g/mol. The van der Waals surface area contributed by atoms with Crippen molar-refractivity contribution in [3.63, 3.8) is 0 Å². The van der Waals surface area contributed by atoms with Crippen molar-refractivity contribution in [3.8, 4) is 0 Å². The van der Waals surface area contributed by atoms with E-state index in [1.54, 1.807) is 24.3 Å². The van der Waals surface area contributed by atoms with Gasteiger partial charge in [-0.05, 0) is 35.3 Å². The Balaban J connectivity index is 0.00000116. The molecule has 0 saturated carbocycles. The summed E-state index contributed by atoms with van der Waals surface area (Å²) in [7, 11) is 0.438. The minimum absolute atomic E-state index is 0.504. The molecule has 0 radical (unpaired) electrons. The predicted octanol–water partition coefficient (Wildman–Crippen LogP) is 1.84. The quantitative estimate of drug-likeness (QED) is 0.653. The lowest BCUT2D eigenvalue weighted by atomic mass is 9.77. The Labute approximate surface area is 132 Å². The van der Waals surface area contributed by atoms with Crippen molar-refractivity contribution in [3.05, 3.63) is 59.7 Å². The second kappa shape index (κ2) is 9.02. The highest BCUT2D eigenvalue weighted by Crippen LogP contribution is 2.15. The highest BCUT2D eigenvalue weighted by molar-refractivity contribution is 6.59. The smallest absolute Gasteiger partial charge is 0.423 e. The van der Waals surface area contributed by atoms with Gasteiger partial charge in [0.05, 0.1) is 0 Å². The Bertz CT molecular complexity index is 585. The van der Waals surface area contributed by atoms with Crippen LogP contribution in [0.15, 0.2) is 48.5 Å². The Hall–Kier alpha value is -2.11. The van der Waals surface area contributed by atoms with Gasteiger partial charge in [-0.25, -0.2) is 0 Å². The van der Waals surface area contributed by atoms with E-state index >= 15 is 0 Å². The molecule has 4 nitrogen and oxygen atoms in total. The van der Waals surface area contributed by atoms with Crippen LogP contribution in [0.4, 0.5) is 5.69 Å². The van der Waals surface area contributed by atoms with E-state index in [0.29, 0.717) is 17.6 Å². The number of nitrogens with zero attached hydrogens (tertiary/aromatic N) is 1. The standard InChI is InChI=1S/C15H16BNO3.C2H6/c1-17(14-8-6-12(11-18)7-9-14)10-13-4-2-3-5-15(13)16(19)20;1-2/h2-9,11,19-20H,10H2,1H3;1-2H3. The topological polar surface area (TPSA) is 60.8 Å². The fraction of sp³-hybridized carbons (Fsp3) is 0.235. The van der Waals surface area contributed by atoms with E-state index in [-0.39, 0.29) is 0 Å². The minimum atomic E-state index is -1.47. The van der Waals surface area contributed by atoms with Crippen LogP contribution in [0.2, 0.25) is 0 Å². The summed E-state index contributed by atoms with van der Waals surface area (Å²) in [5.74, 6) is 0. The highest BCUT2D eigenvalue weighted by atomic mass is 16.4. The number of anilines is 1. The van der Waals surface area contributed by atoms with Gasteiger partial charge in [-0.15, -0.1) is 0 Å². The van der Waals surface area contributed by atoms with E-state index in [2.05, 4.69) is 0 Å². The molecule has 0 bridgehead atoms. The van der Waals surface area contributed by atoms with Crippen molar-refractivity contribution in [2.75, 3.05) is 11.9 Å². The first-order valence-electron chi connectivity index (χ1n) is 7.32. The molecule has 0 fully saturated rings. The van der Waals surface area contributed by atoms with Gasteiger partial charge < -0.3 is 14.9 Å². The van der Waals surface area contributed by atoms with Gasteiger partial charge in [-0.3, -0.25) is 4.79 Å². The van der Waals surface area contributed by atoms with Gasteiger partial charge in [-0.1, -0.05) is 38.1 Å². The number of carbonyl (C=O) groups excluding carboxylic acids is 1. The number of benzene rings is 2. The second-order valence-electron chi connectivity index (χ2n) is 4.64.